The number of nitriles is 1. The van der Waals surface area contributed by atoms with Crippen molar-refractivity contribution in [1.82, 2.24) is 9.97 Å². The highest BCUT2D eigenvalue weighted by Gasteiger charge is 2.14. The highest BCUT2D eigenvalue weighted by molar-refractivity contribution is 6.17. The van der Waals surface area contributed by atoms with Crippen LogP contribution in [0.15, 0.2) is 36.5 Å². The van der Waals surface area contributed by atoms with Gasteiger partial charge in [-0.3, -0.25) is 4.98 Å². The van der Waals surface area contributed by atoms with E-state index in [1.54, 1.807) is 20.4 Å². The summed E-state index contributed by atoms with van der Waals surface area (Å²) in [5, 5.41) is 12.1. The summed E-state index contributed by atoms with van der Waals surface area (Å²) < 4.78 is 10.7. The lowest BCUT2D eigenvalue weighted by Gasteiger charge is -2.09. The number of aromatic amines is 1. The van der Waals surface area contributed by atoms with Crippen LogP contribution in [0.5, 0.6) is 11.5 Å². The molecule has 0 aliphatic heterocycles. The topological polar surface area (TPSA) is 70.9 Å². The number of nitrogens with zero attached hydrogens (tertiary/aromatic N) is 2. The number of H-pyrrole nitrogens is 1. The van der Waals surface area contributed by atoms with Gasteiger partial charge in [0.2, 0.25) is 0 Å². The summed E-state index contributed by atoms with van der Waals surface area (Å²) in [7, 11) is 3.21. The summed E-state index contributed by atoms with van der Waals surface area (Å²) in [6, 6.07) is 11.6. The van der Waals surface area contributed by atoms with E-state index in [0.29, 0.717) is 17.1 Å². The van der Waals surface area contributed by atoms with Gasteiger partial charge in [0.1, 0.15) is 0 Å². The number of hydrogen-bond acceptors (Lipinski definition) is 4. The zero-order chi connectivity index (χ0) is 16.0. The van der Waals surface area contributed by atoms with Gasteiger partial charge in [-0.25, -0.2) is 0 Å². The summed E-state index contributed by atoms with van der Waals surface area (Å²) in [5.41, 5.74) is 3.30. The molecule has 5 nitrogen and oxygen atoms in total. The van der Waals surface area contributed by atoms with Crippen molar-refractivity contribution >= 4 is 32.7 Å². The number of aromatic nitrogens is 2. The molecular formula is C18H13N3O2. The lowest BCUT2D eigenvalue weighted by atomic mass is 10.1. The van der Waals surface area contributed by atoms with E-state index >= 15 is 0 Å². The van der Waals surface area contributed by atoms with Crippen molar-refractivity contribution < 1.29 is 9.47 Å². The molecule has 0 unspecified atom stereocenters. The molecule has 0 bridgehead atoms. The highest BCUT2D eigenvalue weighted by atomic mass is 16.5. The Labute approximate surface area is 132 Å². The minimum Gasteiger partial charge on any atom is -0.493 e. The van der Waals surface area contributed by atoms with E-state index in [0.717, 1.165) is 32.7 Å². The third kappa shape index (κ3) is 1.82. The molecule has 0 amide bonds. The van der Waals surface area contributed by atoms with Gasteiger partial charge >= 0.3 is 0 Å². The van der Waals surface area contributed by atoms with E-state index in [1.807, 2.05) is 30.3 Å². The Morgan fingerprint density at radius 3 is 2.61 bits per heavy atom. The van der Waals surface area contributed by atoms with Crippen LogP contribution in [0, 0.1) is 11.3 Å². The average Bonchev–Trinajstić information content (AvgIpc) is 2.99. The molecule has 1 N–H and O–H groups in total. The van der Waals surface area contributed by atoms with E-state index in [-0.39, 0.29) is 0 Å². The van der Waals surface area contributed by atoms with Crippen LogP contribution < -0.4 is 9.47 Å². The van der Waals surface area contributed by atoms with E-state index in [9.17, 15) is 5.26 Å². The Morgan fingerprint density at radius 2 is 1.87 bits per heavy atom. The van der Waals surface area contributed by atoms with Gasteiger partial charge in [0.05, 0.1) is 36.9 Å². The Balaban J connectivity index is 2.19. The van der Waals surface area contributed by atoms with Crippen LogP contribution in [-0.2, 0) is 0 Å². The molecular weight excluding hydrogens is 290 g/mol. The van der Waals surface area contributed by atoms with Crippen molar-refractivity contribution in [1.29, 1.82) is 5.26 Å². The van der Waals surface area contributed by atoms with Gasteiger partial charge in [-0.05, 0) is 18.2 Å². The molecule has 2 aromatic heterocycles. The van der Waals surface area contributed by atoms with Gasteiger partial charge in [0, 0.05) is 33.9 Å². The first-order valence-corrected chi connectivity index (χ1v) is 7.12. The number of methoxy groups -OCH3 is 2. The Morgan fingerprint density at radius 1 is 1.09 bits per heavy atom. The summed E-state index contributed by atoms with van der Waals surface area (Å²) in [4.78, 5) is 7.92. The quantitative estimate of drug-likeness (QED) is 0.612. The molecule has 2 aromatic carbocycles. The van der Waals surface area contributed by atoms with Gasteiger partial charge in [-0.2, -0.15) is 5.26 Å². The number of fused-ring (bicyclic) bond motifs is 5. The van der Waals surface area contributed by atoms with Crippen LogP contribution in [-0.4, -0.2) is 24.2 Å². The molecule has 0 aliphatic carbocycles. The first kappa shape index (κ1) is 13.4. The first-order valence-electron chi connectivity index (χ1n) is 7.12. The maximum absolute atomic E-state index is 9.36. The average molecular weight is 303 g/mol. The Bertz CT molecular complexity index is 1110. The second-order valence-corrected chi connectivity index (χ2v) is 5.24. The number of benzene rings is 2. The number of ether oxygens (including phenoxy) is 2. The van der Waals surface area contributed by atoms with Gasteiger partial charge in [0.25, 0.3) is 0 Å². The third-order valence-electron chi connectivity index (χ3n) is 4.09. The fourth-order valence-electron chi connectivity index (χ4n) is 3.02. The van der Waals surface area contributed by atoms with Crippen molar-refractivity contribution in [3.63, 3.8) is 0 Å². The van der Waals surface area contributed by atoms with Crippen LogP contribution in [0.1, 0.15) is 5.56 Å². The molecule has 4 rings (SSSR count). The fourth-order valence-corrected chi connectivity index (χ4v) is 3.02. The SMILES string of the molecule is COc1cc2ncc3c([nH]c4cccc(C#N)c43)c2cc1OC. The van der Waals surface area contributed by atoms with Crippen LogP contribution in [0.25, 0.3) is 32.7 Å². The van der Waals surface area contributed by atoms with Crippen molar-refractivity contribution in [3.8, 4) is 17.6 Å². The molecule has 0 saturated carbocycles. The zero-order valence-electron chi connectivity index (χ0n) is 12.7. The maximum atomic E-state index is 9.36. The lowest BCUT2D eigenvalue weighted by Crippen LogP contribution is -1.91. The highest BCUT2D eigenvalue weighted by Crippen LogP contribution is 2.37. The van der Waals surface area contributed by atoms with Crippen LogP contribution in [0.4, 0.5) is 0 Å². The van der Waals surface area contributed by atoms with Gasteiger partial charge in [-0.15, -0.1) is 0 Å². The maximum Gasteiger partial charge on any atom is 0.162 e. The van der Waals surface area contributed by atoms with Gasteiger partial charge in [-0.1, -0.05) is 6.07 Å². The molecule has 2 heterocycles. The van der Waals surface area contributed by atoms with E-state index in [4.69, 9.17) is 9.47 Å². The lowest BCUT2D eigenvalue weighted by molar-refractivity contribution is 0.356. The minimum absolute atomic E-state index is 0.635. The second-order valence-electron chi connectivity index (χ2n) is 5.24. The van der Waals surface area contributed by atoms with Crippen molar-refractivity contribution in [2.75, 3.05) is 14.2 Å². The third-order valence-corrected chi connectivity index (χ3v) is 4.09. The van der Waals surface area contributed by atoms with Gasteiger partial charge in [0.15, 0.2) is 11.5 Å². The standard InChI is InChI=1S/C18H13N3O2/c1-22-15-6-11-14(7-16(15)23-2)20-9-12-17-10(8-19)4-3-5-13(17)21-18(11)12/h3-7,9,21H,1-2H3. The molecule has 4 aromatic rings. The summed E-state index contributed by atoms with van der Waals surface area (Å²) >= 11 is 0. The summed E-state index contributed by atoms with van der Waals surface area (Å²) in [6.07, 6.45) is 1.79. The Kier molecular flexibility index (Phi) is 2.85. The zero-order valence-corrected chi connectivity index (χ0v) is 12.7. The number of pyridine rings is 1. The second kappa shape index (κ2) is 4.89. The molecule has 0 fully saturated rings. The minimum atomic E-state index is 0.635. The first-order chi connectivity index (χ1) is 11.3. The van der Waals surface area contributed by atoms with Crippen molar-refractivity contribution in [2.24, 2.45) is 0 Å². The van der Waals surface area contributed by atoms with Crippen LogP contribution >= 0.6 is 0 Å². The molecule has 0 saturated heterocycles. The number of hydrogen-bond donors (Lipinski definition) is 1. The molecule has 5 heteroatoms. The van der Waals surface area contributed by atoms with Crippen molar-refractivity contribution in [3.05, 3.63) is 42.1 Å². The molecule has 0 radical (unpaired) electrons. The summed E-state index contributed by atoms with van der Waals surface area (Å²) in [6.45, 7) is 0. The smallest absolute Gasteiger partial charge is 0.162 e. The van der Waals surface area contributed by atoms with Crippen molar-refractivity contribution in [2.45, 2.75) is 0 Å². The Hall–Kier alpha value is -3.26. The molecule has 23 heavy (non-hydrogen) atoms. The molecule has 0 aliphatic rings. The fraction of sp³-hybridized carbons (Fsp3) is 0.111. The van der Waals surface area contributed by atoms with E-state index in [1.165, 1.54) is 0 Å². The predicted octanol–water partition coefficient (Wildman–Crippen LogP) is 3.76. The molecule has 112 valence electrons. The summed E-state index contributed by atoms with van der Waals surface area (Å²) in [5.74, 6) is 1.29. The van der Waals surface area contributed by atoms with E-state index in [2.05, 4.69) is 16.0 Å². The normalized spacial score (nSPS) is 11.0. The monoisotopic (exact) mass is 303 g/mol. The number of rotatable bonds is 2. The predicted molar refractivity (Wildman–Crippen MR) is 88.9 cm³/mol. The number of nitrogens with one attached hydrogen (secondary N) is 1. The van der Waals surface area contributed by atoms with E-state index < -0.39 is 0 Å². The van der Waals surface area contributed by atoms with Crippen LogP contribution in [0.2, 0.25) is 0 Å². The molecule has 0 spiro atoms. The van der Waals surface area contributed by atoms with Crippen LogP contribution in [0.3, 0.4) is 0 Å². The largest absolute Gasteiger partial charge is 0.493 e. The van der Waals surface area contributed by atoms with Gasteiger partial charge < -0.3 is 14.5 Å². The molecule has 0 atom stereocenters.